The molecule has 0 saturated carbocycles. The van der Waals surface area contributed by atoms with E-state index in [0.717, 1.165) is 50.9 Å². The number of anilines is 1. The van der Waals surface area contributed by atoms with Gasteiger partial charge in [0.1, 0.15) is 11.6 Å². The SMILES string of the molecule is C=CC(=O)N1CCN(c2nc(=O)n3c4c(c(-c5ccc(F)cc5)c(C(F)(F)F)cc24)SCC(N2CCN(CC)CC2)C3)CC1. The van der Waals surface area contributed by atoms with Crippen LogP contribution in [0.4, 0.5) is 23.4 Å². The van der Waals surface area contributed by atoms with Gasteiger partial charge in [-0.25, -0.2) is 9.18 Å². The first-order chi connectivity index (χ1) is 21.1. The Morgan fingerprint density at radius 3 is 2.36 bits per heavy atom. The van der Waals surface area contributed by atoms with Crippen LogP contribution in [0.5, 0.6) is 0 Å². The summed E-state index contributed by atoms with van der Waals surface area (Å²) in [5.41, 5.74) is -0.799. The van der Waals surface area contributed by atoms with Crippen LogP contribution in [-0.4, -0.2) is 101 Å². The van der Waals surface area contributed by atoms with Crippen molar-refractivity contribution in [1.29, 1.82) is 0 Å². The monoisotopic (exact) mass is 630 g/mol. The maximum absolute atomic E-state index is 14.9. The third-order valence-electron chi connectivity index (χ3n) is 8.89. The van der Waals surface area contributed by atoms with Crippen molar-refractivity contribution in [3.05, 3.63) is 64.9 Å². The van der Waals surface area contributed by atoms with Crippen LogP contribution in [0.2, 0.25) is 0 Å². The van der Waals surface area contributed by atoms with Crippen molar-refractivity contribution in [2.24, 2.45) is 0 Å². The summed E-state index contributed by atoms with van der Waals surface area (Å²) in [7, 11) is 0. The number of aromatic nitrogens is 2. The molecular formula is C31H34F4N6O2S. The van der Waals surface area contributed by atoms with Crippen molar-refractivity contribution in [3.8, 4) is 11.1 Å². The summed E-state index contributed by atoms with van der Waals surface area (Å²) in [5, 5.41) is 0.241. The van der Waals surface area contributed by atoms with Gasteiger partial charge in [-0.1, -0.05) is 25.6 Å². The second kappa shape index (κ2) is 12.2. The number of hydrogen-bond donors (Lipinski definition) is 0. The fourth-order valence-electron chi connectivity index (χ4n) is 6.45. The van der Waals surface area contributed by atoms with Crippen LogP contribution in [0.15, 0.2) is 52.7 Å². The number of rotatable bonds is 5. The average Bonchev–Trinajstić information content (AvgIpc) is 3.23. The number of nitrogens with zero attached hydrogens (tertiary/aromatic N) is 6. The summed E-state index contributed by atoms with van der Waals surface area (Å²) in [5.74, 6) is -0.114. The van der Waals surface area contributed by atoms with Crippen LogP contribution in [-0.2, 0) is 17.5 Å². The van der Waals surface area contributed by atoms with Gasteiger partial charge in [-0.3, -0.25) is 14.3 Å². The predicted octanol–water partition coefficient (Wildman–Crippen LogP) is 4.17. The molecule has 1 atom stereocenters. The van der Waals surface area contributed by atoms with Gasteiger partial charge in [0.15, 0.2) is 0 Å². The highest BCUT2D eigenvalue weighted by Crippen LogP contribution is 2.48. The van der Waals surface area contributed by atoms with Crippen molar-refractivity contribution in [3.63, 3.8) is 0 Å². The summed E-state index contributed by atoms with van der Waals surface area (Å²) >= 11 is 1.32. The van der Waals surface area contributed by atoms with E-state index in [9.17, 15) is 27.2 Å². The zero-order valence-electron chi connectivity index (χ0n) is 24.4. The zero-order chi connectivity index (χ0) is 31.2. The third-order valence-corrected chi connectivity index (χ3v) is 10.1. The minimum Gasteiger partial charge on any atom is -0.352 e. The molecule has 0 radical (unpaired) electrons. The van der Waals surface area contributed by atoms with E-state index >= 15 is 0 Å². The maximum Gasteiger partial charge on any atom is 0.417 e. The quantitative estimate of drug-likeness (QED) is 0.310. The van der Waals surface area contributed by atoms with Gasteiger partial charge in [-0.2, -0.15) is 18.2 Å². The van der Waals surface area contributed by atoms with Crippen LogP contribution in [0.1, 0.15) is 12.5 Å². The van der Waals surface area contributed by atoms with Gasteiger partial charge in [0.25, 0.3) is 0 Å². The number of piperazine rings is 2. The van der Waals surface area contributed by atoms with Crippen molar-refractivity contribution < 1.29 is 22.4 Å². The lowest BCUT2D eigenvalue weighted by atomic mass is 9.96. The molecule has 44 heavy (non-hydrogen) atoms. The summed E-state index contributed by atoms with van der Waals surface area (Å²) in [6.45, 7) is 11.5. The van der Waals surface area contributed by atoms with Crippen LogP contribution >= 0.6 is 11.8 Å². The van der Waals surface area contributed by atoms with Crippen molar-refractivity contribution in [2.75, 3.05) is 69.6 Å². The maximum atomic E-state index is 14.9. The number of carbonyl (C=O) groups is 1. The number of amides is 1. The van der Waals surface area contributed by atoms with Crippen molar-refractivity contribution >= 4 is 34.4 Å². The first kappa shape index (κ1) is 30.6. The molecule has 234 valence electrons. The lowest BCUT2D eigenvalue weighted by Gasteiger charge is -2.38. The van der Waals surface area contributed by atoms with E-state index < -0.39 is 23.2 Å². The minimum absolute atomic E-state index is 0.0573. The molecule has 0 bridgehead atoms. The highest BCUT2D eigenvalue weighted by Gasteiger charge is 2.39. The molecule has 1 unspecified atom stereocenters. The fourth-order valence-corrected chi connectivity index (χ4v) is 7.85. The molecule has 2 saturated heterocycles. The Labute approximate surface area is 256 Å². The molecular weight excluding hydrogens is 596 g/mol. The van der Waals surface area contributed by atoms with Crippen LogP contribution in [0.25, 0.3) is 22.0 Å². The smallest absolute Gasteiger partial charge is 0.352 e. The Kier molecular flexibility index (Phi) is 8.46. The predicted molar refractivity (Wildman–Crippen MR) is 164 cm³/mol. The Morgan fingerprint density at radius 2 is 1.75 bits per heavy atom. The molecule has 3 aromatic rings. The number of likely N-dealkylation sites (N-methyl/N-ethyl adjacent to an activating group) is 1. The summed E-state index contributed by atoms with van der Waals surface area (Å²) in [6, 6.07) is 6.02. The Bertz CT molecular complexity index is 1630. The molecule has 0 N–H and O–H groups in total. The first-order valence-corrected chi connectivity index (χ1v) is 15.8. The zero-order valence-corrected chi connectivity index (χ0v) is 25.3. The van der Waals surface area contributed by atoms with Gasteiger partial charge < -0.3 is 14.7 Å². The summed E-state index contributed by atoms with van der Waals surface area (Å²) in [4.78, 5) is 38.8. The topological polar surface area (TPSA) is 64.9 Å². The van der Waals surface area contributed by atoms with Crippen LogP contribution < -0.4 is 10.6 Å². The van der Waals surface area contributed by atoms with Gasteiger partial charge in [0, 0.05) is 86.5 Å². The number of benzene rings is 2. The van der Waals surface area contributed by atoms with E-state index in [2.05, 4.69) is 28.3 Å². The number of carbonyl (C=O) groups excluding carboxylic acids is 1. The van der Waals surface area contributed by atoms with Crippen molar-refractivity contribution in [2.45, 2.75) is 30.6 Å². The van der Waals surface area contributed by atoms with E-state index in [1.807, 2.05) is 0 Å². The third kappa shape index (κ3) is 5.72. The molecule has 13 heteroatoms. The van der Waals surface area contributed by atoms with E-state index in [0.29, 0.717) is 48.9 Å². The lowest BCUT2D eigenvalue weighted by Crippen LogP contribution is -2.52. The van der Waals surface area contributed by atoms with E-state index in [1.54, 1.807) is 9.80 Å². The molecule has 4 heterocycles. The molecule has 1 amide bonds. The molecule has 3 aliphatic rings. The highest BCUT2D eigenvalue weighted by atomic mass is 32.2. The first-order valence-electron chi connectivity index (χ1n) is 14.8. The fraction of sp³-hybridized carbons (Fsp3) is 0.452. The van der Waals surface area contributed by atoms with Gasteiger partial charge >= 0.3 is 11.9 Å². The molecule has 0 spiro atoms. The van der Waals surface area contributed by atoms with E-state index in [4.69, 9.17) is 0 Å². The van der Waals surface area contributed by atoms with Crippen LogP contribution in [0.3, 0.4) is 0 Å². The normalized spacial score (nSPS) is 20.2. The Hall–Kier alpha value is -3.42. The largest absolute Gasteiger partial charge is 0.417 e. The standard InChI is InChI=1S/C31H34F4N6O2S/c1-3-25(42)39-13-15-40(16-14-39)29-23-17-24(31(33,34)35)26(20-5-7-21(32)8-6-20)28-27(23)41(30(43)36-29)18-22(19-44-28)38-11-9-37(4-2)10-12-38/h3,5-8,17,22H,1,4,9-16,18-19H2,2H3. The van der Waals surface area contributed by atoms with Gasteiger partial charge in [-0.05, 0) is 36.4 Å². The molecule has 3 aliphatic heterocycles. The number of hydrogen-bond acceptors (Lipinski definition) is 7. The Balaban J connectivity index is 1.53. The van der Waals surface area contributed by atoms with Gasteiger partial charge in [-0.15, -0.1) is 11.8 Å². The number of alkyl halides is 3. The second-order valence-electron chi connectivity index (χ2n) is 11.3. The number of thioether (sulfide) groups is 1. The molecule has 8 nitrogen and oxygen atoms in total. The highest BCUT2D eigenvalue weighted by molar-refractivity contribution is 7.99. The molecule has 2 fully saturated rings. The lowest BCUT2D eigenvalue weighted by molar-refractivity contribution is -0.137. The van der Waals surface area contributed by atoms with Gasteiger partial charge in [0.2, 0.25) is 5.91 Å². The van der Waals surface area contributed by atoms with Gasteiger partial charge in [0.05, 0.1) is 11.1 Å². The second-order valence-corrected chi connectivity index (χ2v) is 12.3. The van der Waals surface area contributed by atoms with E-state index in [1.165, 1.54) is 34.5 Å². The number of halogens is 4. The summed E-state index contributed by atoms with van der Waals surface area (Å²) in [6.07, 6.45) is -3.50. The average molecular weight is 631 g/mol. The summed E-state index contributed by atoms with van der Waals surface area (Å²) < 4.78 is 60.1. The van der Waals surface area contributed by atoms with E-state index in [-0.39, 0.29) is 34.3 Å². The minimum atomic E-state index is -4.73. The molecule has 6 rings (SSSR count). The Morgan fingerprint density at radius 1 is 1.07 bits per heavy atom. The molecule has 0 aliphatic carbocycles. The molecule has 2 aromatic carbocycles. The van der Waals surface area contributed by atoms with Crippen LogP contribution in [0, 0.1) is 5.82 Å². The van der Waals surface area contributed by atoms with Crippen molar-refractivity contribution in [1.82, 2.24) is 24.3 Å². The molecule has 1 aromatic heterocycles.